The van der Waals surface area contributed by atoms with E-state index in [4.69, 9.17) is 11.2 Å². The molecule has 0 amide bonds. The van der Waals surface area contributed by atoms with Crippen LogP contribution in [0, 0.1) is 0 Å². The Labute approximate surface area is 153 Å². The second-order valence-corrected chi connectivity index (χ2v) is 16.2. The summed E-state index contributed by atoms with van der Waals surface area (Å²) in [6.07, 6.45) is 23.3. The molecule has 0 aromatic rings. The van der Waals surface area contributed by atoms with Crippen molar-refractivity contribution in [3.63, 3.8) is 0 Å². The third kappa shape index (κ3) is 11.0. The first-order valence-corrected chi connectivity index (χ1v) is 14.6. The molecule has 0 heterocycles. The van der Waals surface area contributed by atoms with Gasteiger partial charge in [-0.05, 0) is 0 Å². The zero-order valence-electron chi connectivity index (χ0n) is 16.8. The van der Waals surface area contributed by atoms with Crippen molar-refractivity contribution in [1.29, 1.82) is 0 Å². The summed E-state index contributed by atoms with van der Waals surface area (Å²) in [4.78, 5) is 0. The minimum atomic E-state index is -1.95. The van der Waals surface area contributed by atoms with Gasteiger partial charge in [-0.15, -0.1) is 0 Å². The molecule has 0 bridgehead atoms. The summed E-state index contributed by atoms with van der Waals surface area (Å²) in [5.74, 6) is -1.95. The van der Waals surface area contributed by atoms with Crippen molar-refractivity contribution in [2.45, 2.75) is 111 Å². The molecule has 0 atom stereocenters. The molecule has 142 valence electrons. The molecule has 0 spiro atoms. The molecule has 0 radical (unpaired) electrons. The van der Waals surface area contributed by atoms with Gasteiger partial charge in [-0.3, -0.25) is 0 Å². The van der Waals surface area contributed by atoms with E-state index in [1.807, 2.05) is 0 Å². The molecule has 0 aromatic carbocycles. The summed E-state index contributed by atoms with van der Waals surface area (Å²) in [5.41, 5.74) is 0. The van der Waals surface area contributed by atoms with E-state index in [1.54, 1.807) is 0 Å². The monoisotopic (exact) mass is 364 g/mol. The molecule has 0 saturated heterocycles. The molecule has 0 fully saturated rings. The fourth-order valence-corrected chi connectivity index (χ4v) is 10.9. The van der Waals surface area contributed by atoms with Crippen LogP contribution >= 0.6 is 17.2 Å². The van der Waals surface area contributed by atoms with E-state index in [9.17, 15) is 0 Å². The zero-order valence-corrected chi connectivity index (χ0v) is 18.5. The third-order valence-corrected chi connectivity index (χ3v) is 13.3. The van der Waals surface area contributed by atoms with E-state index in [-0.39, 0.29) is 0 Å². The number of unbranched alkanes of at least 4 members (excludes halogenated alkanes) is 9. The predicted octanol–water partition coefficient (Wildman–Crippen LogP) is 8.84. The van der Waals surface area contributed by atoms with Crippen LogP contribution in [0.4, 0.5) is 0 Å². The predicted molar refractivity (Wildman–Crippen MR) is 115 cm³/mol. The Morgan fingerprint density at radius 2 is 0.739 bits per heavy atom. The first-order chi connectivity index (χ1) is 11.0. The Balaban J connectivity index is 4.53. The SMILES string of the molecule is CCCCCCCCCP(Cl)(CCCC)(CCCC)CCCC. The number of hydrogen-bond acceptors (Lipinski definition) is 0. The van der Waals surface area contributed by atoms with Crippen LogP contribution in [-0.4, -0.2) is 24.6 Å². The van der Waals surface area contributed by atoms with Crippen molar-refractivity contribution in [2.24, 2.45) is 0 Å². The van der Waals surface area contributed by atoms with Crippen LogP contribution in [0.2, 0.25) is 0 Å². The van der Waals surface area contributed by atoms with Gasteiger partial charge in [-0.25, -0.2) is 0 Å². The molecule has 2 heteroatoms. The second-order valence-electron chi connectivity index (χ2n) is 7.90. The van der Waals surface area contributed by atoms with Gasteiger partial charge in [0.05, 0.1) is 0 Å². The number of halogens is 1. The minimum absolute atomic E-state index is 1.31. The molecule has 23 heavy (non-hydrogen) atoms. The Morgan fingerprint density at radius 1 is 0.435 bits per heavy atom. The topological polar surface area (TPSA) is 0 Å². The van der Waals surface area contributed by atoms with Crippen LogP contribution in [0.25, 0.3) is 0 Å². The Bertz CT molecular complexity index is 240. The second kappa shape index (κ2) is 13.9. The molecular weight excluding hydrogens is 319 g/mol. The van der Waals surface area contributed by atoms with Crippen molar-refractivity contribution in [3.05, 3.63) is 0 Å². The van der Waals surface area contributed by atoms with E-state index in [1.165, 1.54) is 108 Å². The fraction of sp³-hybridized carbons (Fsp3) is 1.00. The van der Waals surface area contributed by atoms with Crippen molar-refractivity contribution < 1.29 is 0 Å². The molecule has 0 nitrogen and oxygen atoms in total. The van der Waals surface area contributed by atoms with Gasteiger partial charge >= 0.3 is 153 Å². The van der Waals surface area contributed by atoms with Gasteiger partial charge in [-0.1, -0.05) is 0 Å². The molecule has 0 aromatic heterocycles. The summed E-state index contributed by atoms with van der Waals surface area (Å²) in [7, 11) is 0. The average molecular weight is 365 g/mol. The van der Waals surface area contributed by atoms with E-state index < -0.39 is 5.96 Å². The average Bonchev–Trinajstić information content (AvgIpc) is 2.56. The number of hydrogen-bond donors (Lipinski definition) is 0. The summed E-state index contributed by atoms with van der Waals surface area (Å²) in [6, 6.07) is 0. The van der Waals surface area contributed by atoms with Crippen LogP contribution in [-0.2, 0) is 0 Å². The van der Waals surface area contributed by atoms with Gasteiger partial charge < -0.3 is 0 Å². The Morgan fingerprint density at radius 3 is 1.13 bits per heavy atom. The maximum atomic E-state index is 7.63. The maximum absolute atomic E-state index is 7.63. The third-order valence-electron chi connectivity index (χ3n) is 5.53. The summed E-state index contributed by atoms with van der Waals surface area (Å²) >= 11 is 7.63. The molecule has 0 N–H and O–H groups in total. The van der Waals surface area contributed by atoms with Crippen LogP contribution in [0.1, 0.15) is 111 Å². The van der Waals surface area contributed by atoms with Crippen molar-refractivity contribution in [2.75, 3.05) is 24.6 Å². The standard InChI is InChI=1S/C21H46ClP/c1-5-9-13-14-15-16-17-21-23(22,18-10-6-2,19-11-7-3)20-12-8-4/h5-21H2,1-4H3. The van der Waals surface area contributed by atoms with Gasteiger partial charge in [0.25, 0.3) is 0 Å². The van der Waals surface area contributed by atoms with Crippen LogP contribution < -0.4 is 0 Å². The number of rotatable bonds is 17. The molecule has 0 aliphatic carbocycles. The quantitative estimate of drug-likeness (QED) is 0.178. The van der Waals surface area contributed by atoms with Gasteiger partial charge in [-0.2, -0.15) is 0 Å². The van der Waals surface area contributed by atoms with E-state index in [0.29, 0.717) is 0 Å². The van der Waals surface area contributed by atoms with Crippen molar-refractivity contribution in [1.82, 2.24) is 0 Å². The van der Waals surface area contributed by atoms with E-state index >= 15 is 0 Å². The van der Waals surface area contributed by atoms with Crippen molar-refractivity contribution >= 4 is 17.2 Å². The molecule has 0 aliphatic heterocycles. The fourth-order valence-electron chi connectivity index (χ4n) is 3.79. The van der Waals surface area contributed by atoms with Crippen LogP contribution in [0.5, 0.6) is 0 Å². The molecule has 0 aliphatic rings. The van der Waals surface area contributed by atoms with Gasteiger partial charge in [0.15, 0.2) is 0 Å². The van der Waals surface area contributed by atoms with E-state index in [2.05, 4.69) is 27.7 Å². The van der Waals surface area contributed by atoms with E-state index in [0.717, 1.165) is 0 Å². The summed E-state index contributed by atoms with van der Waals surface area (Å²) in [6.45, 7) is 9.27. The van der Waals surface area contributed by atoms with Gasteiger partial charge in [0.2, 0.25) is 0 Å². The molecule has 0 saturated carbocycles. The summed E-state index contributed by atoms with van der Waals surface area (Å²) < 4.78 is 0. The molecule has 0 rings (SSSR count). The summed E-state index contributed by atoms with van der Waals surface area (Å²) in [5, 5.41) is 0. The van der Waals surface area contributed by atoms with Gasteiger partial charge in [0, 0.05) is 0 Å². The molecular formula is C21H46ClP. The molecule has 0 unspecified atom stereocenters. The Kier molecular flexibility index (Phi) is 14.4. The van der Waals surface area contributed by atoms with Crippen molar-refractivity contribution in [3.8, 4) is 0 Å². The van der Waals surface area contributed by atoms with Crippen LogP contribution in [0.15, 0.2) is 0 Å². The van der Waals surface area contributed by atoms with Crippen LogP contribution in [0.3, 0.4) is 0 Å². The first-order valence-electron chi connectivity index (χ1n) is 10.8. The Hall–Kier alpha value is 0.720. The normalized spacial score (nSPS) is 13.9. The van der Waals surface area contributed by atoms with Gasteiger partial charge in [0.1, 0.15) is 0 Å². The zero-order chi connectivity index (χ0) is 17.5. The first kappa shape index (κ1) is 23.7.